The molecule has 1 amide bonds. The molecule has 2 aliphatic heterocycles. The zero-order valence-electron chi connectivity index (χ0n) is 18.6. The molecule has 36 heavy (non-hydrogen) atoms. The predicted octanol–water partition coefficient (Wildman–Crippen LogP) is 1.10. The highest BCUT2D eigenvalue weighted by atomic mass is 32.2. The Bertz CT molecular complexity index is 1590. The lowest BCUT2D eigenvalue weighted by molar-refractivity contribution is -0.140. The van der Waals surface area contributed by atoms with E-state index >= 15 is 0 Å². The van der Waals surface area contributed by atoms with Gasteiger partial charge in [0, 0.05) is 18.0 Å². The number of nitrogens with zero attached hydrogens (tertiary/aromatic N) is 3. The Labute approximate surface area is 223 Å². The van der Waals surface area contributed by atoms with E-state index in [1.807, 2.05) is 24.3 Å². The quantitative estimate of drug-likeness (QED) is 0.357. The molecule has 0 spiro atoms. The molecule has 3 heterocycles. The molecule has 10 nitrogen and oxygen atoms in total. The van der Waals surface area contributed by atoms with E-state index in [2.05, 4.69) is 0 Å². The van der Waals surface area contributed by atoms with Crippen LogP contribution in [0.3, 0.4) is 0 Å². The van der Waals surface area contributed by atoms with E-state index < -0.39 is 34.3 Å². The van der Waals surface area contributed by atoms with Gasteiger partial charge in [0.1, 0.15) is 20.4 Å². The number of aromatic nitrogens is 1. The molecule has 2 aliphatic rings. The number of hydrogen-bond donors (Lipinski definition) is 2. The van der Waals surface area contributed by atoms with Crippen molar-refractivity contribution in [2.24, 2.45) is 0 Å². The van der Waals surface area contributed by atoms with Gasteiger partial charge < -0.3 is 10.0 Å². The summed E-state index contributed by atoms with van der Waals surface area (Å²) >= 11 is 8.63. The van der Waals surface area contributed by atoms with E-state index in [0.717, 1.165) is 38.6 Å². The second-order valence-corrected chi connectivity index (χ2v) is 12.8. The minimum atomic E-state index is -4.18. The molecule has 2 aromatic rings. The number of benzene rings is 1. The van der Waals surface area contributed by atoms with Gasteiger partial charge in [-0.3, -0.25) is 28.4 Å². The highest BCUT2D eigenvalue weighted by molar-refractivity contribution is 8.30. The number of thioether (sulfide) groups is 2. The summed E-state index contributed by atoms with van der Waals surface area (Å²) in [5.74, 6) is -2.21. The molecule has 1 fully saturated rings. The van der Waals surface area contributed by atoms with E-state index in [4.69, 9.17) is 17.3 Å². The molecule has 4 rings (SSSR count). The molecule has 0 radical (unpaired) electrons. The summed E-state index contributed by atoms with van der Waals surface area (Å²) < 4.78 is 34.2. The van der Waals surface area contributed by atoms with Crippen LogP contribution in [-0.2, 0) is 26.3 Å². The number of allylic oxidation sites excluding steroid dienone is 1. The Balaban J connectivity index is 1.77. The van der Waals surface area contributed by atoms with Crippen molar-refractivity contribution in [2.75, 3.05) is 23.7 Å². The zero-order chi connectivity index (χ0) is 26.2. The molecule has 0 atom stereocenters. The van der Waals surface area contributed by atoms with Crippen molar-refractivity contribution in [1.82, 2.24) is 9.47 Å². The van der Waals surface area contributed by atoms with E-state index in [1.165, 1.54) is 16.3 Å². The molecule has 15 heteroatoms. The summed E-state index contributed by atoms with van der Waals surface area (Å²) in [6.45, 7) is 1.52. The molecule has 0 aliphatic carbocycles. The third-order valence-corrected chi connectivity index (χ3v) is 9.69. The first-order valence-electron chi connectivity index (χ1n) is 10.4. The van der Waals surface area contributed by atoms with Gasteiger partial charge in [0.15, 0.2) is 0 Å². The number of carboxylic acids is 1. The average molecular weight is 586 g/mol. The first kappa shape index (κ1) is 26.6. The van der Waals surface area contributed by atoms with Gasteiger partial charge in [-0.05, 0) is 31.2 Å². The summed E-state index contributed by atoms with van der Waals surface area (Å²) in [6.07, 6.45) is 3.30. The summed E-state index contributed by atoms with van der Waals surface area (Å²) in [7, 11) is -4.18. The number of thiazole rings is 1. The van der Waals surface area contributed by atoms with Crippen molar-refractivity contribution in [3.05, 3.63) is 54.9 Å². The standard InChI is InChI=1S/C21H19N3O7S5/c1-2-22-18(27)14(34-20(22)17-19(28)24(11-16(25)26)21(32)35-17)7-8-15-23(9-10-36(29,30)31)12-5-3-4-6-13(12)33-15/h3-8H,2,9-11H2,1H3,(H,25,26)(H,29,30,31)/b14-7-,15-8-,20-17+. The number of rotatable bonds is 7. The number of carbonyl (C=O) groups excluding carboxylic acids is 1. The second kappa shape index (κ2) is 10.5. The Hall–Kier alpha value is -2.43. The van der Waals surface area contributed by atoms with Crippen LogP contribution in [-0.4, -0.2) is 62.6 Å². The summed E-state index contributed by atoms with van der Waals surface area (Å²) in [5.41, 5.74) is 0.474. The number of carbonyl (C=O) groups is 2. The Kier molecular flexibility index (Phi) is 7.78. The van der Waals surface area contributed by atoms with Crippen LogP contribution < -0.4 is 19.7 Å². The van der Waals surface area contributed by atoms with Gasteiger partial charge in [0.25, 0.3) is 21.6 Å². The molecule has 1 aromatic heterocycles. The van der Waals surface area contributed by atoms with E-state index in [1.54, 1.807) is 24.0 Å². The fraction of sp³-hybridized carbons (Fsp3) is 0.238. The van der Waals surface area contributed by atoms with Crippen molar-refractivity contribution in [1.29, 1.82) is 0 Å². The van der Waals surface area contributed by atoms with Crippen LogP contribution in [0.25, 0.3) is 11.0 Å². The van der Waals surface area contributed by atoms with Gasteiger partial charge in [-0.15, -0.1) is 11.3 Å². The van der Waals surface area contributed by atoms with Gasteiger partial charge in [-0.25, -0.2) is 0 Å². The lowest BCUT2D eigenvalue weighted by Crippen LogP contribution is -2.35. The number of hydrogen-bond acceptors (Lipinski definition) is 10. The van der Waals surface area contributed by atoms with Crippen LogP contribution >= 0.6 is 47.1 Å². The molecule has 2 N–H and O–H groups in total. The number of amides is 1. The fourth-order valence-electron chi connectivity index (χ4n) is 3.55. The topological polar surface area (TPSA) is 137 Å². The maximum absolute atomic E-state index is 13.1. The molecular formula is C21H19N3O7S5. The molecule has 0 saturated carbocycles. The zero-order valence-corrected chi connectivity index (χ0v) is 22.7. The normalized spacial score (nSPS) is 19.1. The largest absolute Gasteiger partial charge is 0.480 e. The summed E-state index contributed by atoms with van der Waals surface area (Å²) in [5, 5.41) is 9.74. The summed E-state index contributed by atoms with van der Waals surface area (Å²) in [4.78, 5) is 40.9. The Morgan fingerprint density at radius 2 is 1.86 bits per heavy atom. The van der Waals surface area contributed by atoms with Crippen molar-refractivity contribution in [3.8, 4) is 0 Å². The maximum Gasteiger partial charge on any atom is 0.323 e. The maximum atomic E-state index is 13.1. The van der Waals surface area contributed by atoms with Crippen LogP contribution in [0.5, 0.6) is 0 Å². The van der Waals surface area contributed by atoms with Crippen LogP contribution in [0.1, 0.15) is 6.92 Å². The van der Waals surface area contributed by atoms with Crippen LogP contribution in [0, 0.1) is 0 Å². The third kappa shape index (κ3) is 5.45. The first-order chi connectivity index (χ1) is 17.0. The smallest absolute Gasteiger partial charge is 0.323 e. The van der Waals surface area contributed by atoms with Gasteiger partial charge >= 0.3 is 5.97 Å². The molecule has 1 aromatic carbocycles. The monoisotopic (exact) mass is 585 g/mol. The van der Waals surface area contributed by atoms with Crippen molar-refractivity contribution in [3.63, 3.8) is 0 Å². The third-order valence-electron chi connectivity index (χ3n) is 5.15. The van der Waals surface area contributed by atoms with Gasteiger partial charge in [0.05, 0.1) is 21.0 Å². The van der Waals surface area contributed by atoms with Gasteiger partial charge in [-0.2, -0.15) is 8.42 Å². The first-order valence-corrected chi connectivity index (χ1v) is 14.9. The van der Waals surface area contributed by atoms with Crippen LogP contribution in [0.4, 0.5) is 5.69 Å². The molecule has 0 unspecified atom stereocenters. The number of thiocarbonyl (C=S) groups is 1. The molecule has 0 bridgehead atoms. The molecule has 1 saturated heterocycles. The number of fused-ring (bicyclic) bond motifs is 1. The van der Waals surface area contributed by atoms with Gasteiger partial charge in [0.2, 0.25) is 0 Å². The van der Waals surface area contributed by atoms with Crippen molar-refractivity contribution in [2.45, 2.75) is 18.4 Å². The Morgan fingerprint density at radius 3 is 2.53 bits per heavy atom. The van der Waals surface area contributed by atoms with E-state index in [0.29, 0.717) is 20.8 Å². The number of carboxylic acid groups (broad SMARTS) is 1. The minimum Gasteiger partial charge on any atom is -0.480 e. The van der Waals surface area contributed by atoms with Crippen molar-refractivity contribution >= 4 is 90.1 Å². The Morgan fingerprint density at radius 1 is 1.14 bits per heavy atom. The van der Waals surface area contributed by atoms with E-state index in [9.17, 15) is 27.4 Å². The number of aliphatic carboxylic acids is 1. The highest BCUT2D eigenvalue weighted by Crippen LogP contribution is 2.45. The van der Waals surface area contributed by atoms with Crippen LogP contribution in [0.15, 0.2) is 45.1 Å². The number of anilines is 1. The average Bonchev–Trinajstić information content (AvgIpc) is 3.42. The predicted molar refractivity (Wildman–Crippen MR) is 145 cm³/mol. The fourth-order valence-corrected chi connectivity index (χ4v) is 7.57. The number of para-hydroxylation sites is 1. The minimum absolute atomic E-state index is 0.0251. The molecular weight excluding hydrogens is 567 g/mol. The van der Waals surface area contributed by atoms with Gasteiger partial charge in [-0.1, -0.05) is 47.9 Å². The van der Waals surface area contributed by atoms with E-state index in [-0.39, 0.29) is 21.3 Å². The highest BCUT2D eigenvalue weighted by Gasteiger charge is 2.35. The summed E-state index contributed by atoms with van der Waals surface area (Å²) in [6, 6.07) is 7.41. The SMILES string of the molecule is CCn1c(=O)/c(=C/C=C2\Sc3ccccc3N2CCS(=O)(=O)O)s/c1=C1/SC(=S)N(CC(=O)O)C1=O. The lowest BCUT2D eigenvalue weighted by Gasteiger charge is -2.19. The van der Waals surface area contributed by atoms with Crippen molar-refractivity contribution < 1.29 is 27.7 Å². The van der Waals surface area contributed by atoms with Crippen LogP contribution in [0.2, 0.25) is 0 Å². The second-order valence-electron chi connectivity index (χ2n) is 7.48. The lowest BCUT2D eigenvalue weighted by atomic mass is 10.3. The molecule has 190 valence electrons.